The Morgan fingerprint density at radius 2 is 1.65 bits per heavy atom. The van der Waals surface area contributed by atoms with Gasteiger partial charge in [0.1, 0.15) is 0 Å². The van der Waals surface area contributed by atoms with Crippen molar-refractivity contribution in [1.29, 1.82) is 0 Å². The standard InChI is InChI=1S/C19H21Cl2N3O2/c1-13-3-7-16(8-4-13)23-19(26)12-24(2)11-18(25)22-10-14-5-6-15(20)9-17(14)21/h3-9H,10-12H2,1-2H3,(H,22,25)(H,23,26). The van der Waals surface area contributed by atoms with Gasteiger partial charge in [-0.25, -0.2) is 0 Å². The maximum absolute atomic E-state index is 12.0. The average molecular weight is 394 g/mol. The lowest BCUT2D eigenvalue weighted by atomic mass is 10.2. The first-order chi connectivity index (χ1) is 12.3. The zero-order valence-electron chi connectivity index (χ0n) is 14.7. The number of halogens is 2. The molecular weight excluding hydrogens is 373 g/mol. The molecule has 0 heterocycles. The second-order valence-corrected chi connectivity index (χ2v) is 6.94. The number of aryl methyl sites for hydroxylation is 1. The predicted octanol–water partition coefficient (Wildman–Crippen LogP) is 3.49. The van der Waals surface area contributed by atoms with Crippen molar-refractivity contribution in [2.45, 2.75) is 13.5 Å². The van der Waals surface area contributed by atoms with Gasteiger partial charge in [0, 0.05) is 22.3 Å². The van der Waals surface area contributed by atoms with Crippen LogP contribution < -0.4 is 10.6 Å². The van der Waals surface area contributed by atoms with E-state index in [9.17, 15) is 9.59 Å². The molecule has 7 heteroatoms. The first-order valence-corrected chi connectivity index (χ1v) is 8.85. The van der Waals surface area contributed by atoms with Gasteiger partial charge >= 0.3 is 0 Å². The molecule has 0 saturated heterocycles. The van der Waals surface area contributed by atoms with E-state index in [0.29, 0.717) is 16.6 Å². The van der Waals surface area contributed by atoms with Crippen molar-refractivity contribution in [1.82, 2.24) is 10.2 Å². The number of rotatable bonds is 7. The molecule has 0 fully saturated rings. The summed E-state index contributed by atoms with van der Waals surface area (Å²) in [7, 11) is 1.71. The van der Waals surface area contributed by atoms with E-state index in [1.807, 2.05) is 31.2 Å². The van der Waals surface area contributed by atoms with Gasteiger partial charge in [-0.2, -0.15) is 0 Å². The molecule has 2 aromatic carbocycles. The lowest BCUT2D eigenvalue weighted by Crippen LogP contribution is -2.38. The number of benzene rings is 2. The molecule has 0 unspecified atom stereocenters. The lowest BCUT2D eigenvalue weighted by Gasteiger charge is -2.16. The zero-order valence-corrected chi connectivity index (χ0v) is 16.2. The molecular formula is C19H21Cl2N3O2. The van der Waals surface area contributed by atoms with Crippen LogP contribution in [-0.4, -0.2) is 36.9 Å². The minimum absolute atomic E-state index is 0.104. The van der Waals surface area contributed by atoms with Crippen LogP contribution in [0.1, 0.15) is 11.1 Å². The topological polar surface area (TPSA) is 61.4 Å². The van der Waals surface area contributed by atoms with Gasteiger partial charge in [-0.05, 0) is 43.8 Å². The number of hydrogen-bond acceptors (Lipinski definition) is 3. The number of amides is 2. The van der Waals surface area contributed by atoms with E-state index in [1.165, 1.54) is 0 Å². The second-order valence-electron chi connectivity index (χ2n) is 6.10. The van der Waals surface area contributed by atoms with Crippen LogP contribution in [0.15, 0.2) is 42.5 Å². The van der Waals surface area contributed by atoms with E-state index in [-0.39, 0.29) is 24.9 Å². The summed E-state index contributed by atoms with van der Waals surface area (Å²) in [5, 5.41) is 6.63. The highest BCUT2D eigenvalue weighted by Gasteiger charge is 2.11. The van der Waals surface area contributed by atoms with Gasteiger partial charge in [0.15, 0.2) is 0 Å². The summed E-state index contributed by atoms with van der Waals surface area (Å²) in [6.07, 6.45) is 0. The van der Waals surface area contributed by atoms with Crippen LogP contribution in [0.4, 0.5) is 5.69 Å². The van der Waals surface area contributed by atoms with Crippen molar-refractivity contribution in [2.75, 3.05) is 25.5 Å². The molecule has 2 rings (SSSR count). The lowest BCUT2D eigenvalue weighted by molar-refractivity contribution is -0.123. The van der Waals surface area contributed by atoms with E-state index in [4.69, 9.17) is 23.2 Å². The summed E-state index contributed by atoms with van der Waals surface area (Å²) >= 11 is 11.9. The molecule has 0 aliphatic heterocycles. The highest BCUT2D eigenvalue weighted by Crippen LogP contribution is 2.20. The number of carbonyl (C=O) groups is 2. The summed E-state index contributed by atoms with van der Waals surface area (Å²) in [5.74, 6) is -0.369. The third-order valence-corrected chi connectivity index (χ3v) is 4.24. The molecule has 0 aromatic heterocycles. The van der Waals surface area contributed by atoms with Crippen molar-refractivity contribution in [3.63, 3.8) is 0 Å². The van der Waals surface area contributed by atoms with Gasteiger partial charge in [0.2, 0.25) is 11.8 Å². The fraction of sp³-hybridized carbons (Fsp3) is 0.263. The minimum Gasteiger partial charge on any atom is -0.351 e. The highest BCUT2D eigenvalue weighted by molar-refractivity contribution is 6.35. The molecule has 0 aliphatic rings. The normalized spacial score (nSPS) is 10.7. The summed E-state index contributed by atoms with van der Waals surface area (Å²) in [6.45, 7) is 2.50. The Morgan fingerprint density at radius 3 is 2.31 bits per heavy atom. The van der Waals surface area contributed by atoms with Gasteiger partial charge in [-0.3, -0.25) is 14.5 Å². The summed E-state index contributed by atoms with van der Waals surface area (Å²) in [4.78, 5) is 25.7. The average Bonchev–Trinajstić information content (AvgIpc) is 2.56. The van der Waals surface area contributed by atoms with Crippen molar-refractivity contribution in [3.8, 4) is 0 Å². The van der Waals surface area contributed by atoms with Crippen LogP contribution >= 0.6 is 23.2 Å². The molecule has 2 aromatic rings. The van der Waals surface area contributed by atoms with Crippen LogP contribution in [0.25, 0.3) is 0 Å². The smallest absolute Gasteiger partial charge is 0.238 e. The highest BCUT2D eigenvalue weighted by atomic mass is 35.5. The van der Waals surface area contributed by atoms with Crippen molar-refractivity contribution >= 4 is 40.7 Å². The third kappa shape index (κ3) is 6.67. The Balaban J connectivity index is 1.75. The second kappa shape index (κ2) is 9.57. The van der Waals surface area contributed by atoms with Gasteiger partial charge in [-0.1, -0.05) is 47.0 Å². The number of hydrogen-bond donors (Lipinski definition) is 2. The molecule has 0 atom stereocenters. The Bertz CT molecular complexity index is 779. The van der Waals surface area contributed by atoms with E-state index in [0.717, 1.165) is 16.8 Å². The zero-order chi connectivity index (χ0) is 19.1. The van der Waals surface area contributed by atoms with Crippen LogP contribution in [0.3, 0.4) is 0 Å². The molecule has 2 amide bonds. The fourth-order valence-corrected chi connectivity index (χ4v) is 2.77. The number of nitrogens with zero attached hydrogens (tertiary/aromatic N) is 1. The van der Waals surface area contributed by atoms with E-state index in [2.05, 4.69) is 10.6 Å². The van der Waals surface area contributed by atoms with Crippen LogP contribution in [0, 0.1) is 6.92 Å². The molecule has 0 bridgehead atoms. The van der Waals surface area contributed by atoms with E-state index in [1.54, 1.807) is 30.1 Å². The van der Waals surface area contributed by atoms with Gasteiger partial charge in [0.25, 0.3) is 0 Å². The Labute approximate surface area is 163 Å². The maximum atomic E-state index is 12.0. The van der Waals surface area contributed by atoms with Crippen LogP contribution in [0.5, 0.6) is 0 Å². The third-order valence-electron chi connectivity index (χ3n) is 3.65. The predicted molar refractivity (Wildman–Crippen MR) is 106 cm³/mol. The summed E-state index contributed by atoms with van der Waals surface area (Å²) in [5.41, 5.74) is 2.64. The van der Waals surface area contributed by atoms with Gasteiger partial charge < -0.3 is 10.6 Å². The van der Waals surface area contributed by atoms with E-state index >= 15 is 0 Å². The molecule has 0 saturated carbocycles. The molecule has 2 N–H and O–H groups in total. The van der Waals surface area contributed by atoms with Crippen molar-refractivity contribution < 1.29 is 9.59 Å². The molecule has 5 nitrogen and oxygen atoms in total. The summed E-state index contributed by atoms with van der Waals surface area (Å²) in [6, 6.07) is 12.7. The van der Waals surface area contributed by atoms with Crippen molar-refractivity contribution in [2.24, 2.45) is 0 Å². The SMILES string of the molecule is Cc1ccc(NC(=O)CN(C)CC(=O)NCc2ccc(Cl)cc2Cl)cc1. The summed E-state index contributed by atoms with van der Waals surface area (Å²) < 4.78 is 0. The van der Waals surface area contributed by atoms with Crippen molar-refractivity contribution in [3.05, 3.63) is 63.6 Å². The largest absolute Gasteiger partial charge is 0.351 e. The monoisotopic (exact) mass is 393 g/mol. The number of nitrogens with one attached hydrogen (secondary N) is 2. The van der Waals surface area contributed by atoms with Crippen LogP contribution in [-0.2, 0) is 16.1 Å². The Kier molecular flexibility index (Phi) is 7.45. The molecule has 26 heavy (non-hydrogen) atoms. The number of likely N-dealkylation sites (N-methyl/N-ethyl adjacent to an activating group) is 1. The van der Waals surface area contributed by atoms with Gasteiger partial charge in [-0.15, -0.1) is 0 Å². The minimum atomic E-state index is -0.193. The first-order valence-electron chi connectivity index (χ1n) is 8.09. The molecule has 0 spiro atoms. The maximum Gasteiger partial charge on any atom is 0.238 e. The number of carbonyl (C=O) groups excluding carboxylic acids is 2. The Morgan fingerprint density at radius 1 is 1.00 bits per heavy atom. The van der Waals surface area contributed by atoms with Gasteiger partial charge in [0.05, 0.1) is 13.1 Å². The molecule has 0 radical (unpaired) electrons. The first kappa shape index (κ1) is 20.2. The molecule has 138 valence electrons. The Hall–Kier alpha value is -2.08. The quantitative estimate of drug-likeness (QED) is 0.756. The van der Waals surface area contributed by atoms with E-state index < -0.39 is 0 Å². The number of anilines is 1. The molecule has 0 aliphatic carbocycles. The fourth-order valence-electron chi connectivity index (χ4n) is 2.30. The van der Waals surface area contributed by atoms with Crippen LogP contribution in [0.2, 0.25) is 10.0 Å².